The zero-order chi connectivity index (χ0) is 18.3. The average molecular weight is 348 g/mol. The highest BCUT2D eigenvalue weighted by Gasteiger charge is 2.19. The van der Waals surface area contributed by atoms with Crippen LogP contribution in [0.5, 0.6) is 5.75 Å². The van der Waals surface area contributed by atoms with Gasteiger partial charge in [-0.05, 0) is 30.3 Å². The first-order chi connectivity index (χ1) is 12.6. The van der Waals surface area contributed by atoms with Gasteiger partial charge in [-0.3, -0.25) is 4.79 Å². The lowest BCUT2D eigenvalue weighted by Gasteiger charge is -2.10. The van der Waals surface area contributed by atoms with Crippen LogP contribution < -0.4 is 15.7 Å². The molecule has 0 bridgehead atoms. The van der Waals surface area contributed by atoms with Crippen LogP contribution in [-0.2, 0) is 7.05 Å². The third-order valence-corrected chi connectivity index (χ3v) is 4.39. The van der Waals surface area contributed by atoms with Crippen molar-refractivity contribution < 1.29 is 13.9 Å². The molecule has 0 aliphatic heterocycles. The summed E-state index contributed by atoms with van der Waals surface area (Å²) >= 11 is 0. The molecule has 0 unspecified atom stereocenters. The summed E-state index contributed by atoms with van der Waals surface area (Å²) in [5, 5.41) is 3.98. The molecule has 26 heavy (non-hydrogen) atoms. The van der Waals surface area contributed by atoms with E-state index in [0.29, 0.717) is 33.6 Å². The number of carbonyl (C=O) groups is 1. The molecule has 4 aromatic rings. The number of hydrogen-bond acceptors (Lipinski definition) is 4. The highest BCUT2D eigenvalue weighted by molar-refractivity contribution is 6.10. The van der Waals surface area contributed by atoms with Crippen LogP contribution in [0.4, 0.5) is 5.69 Å². The second-order valence-electron chi connectivity index (χ2n) is 5.89. The molecular formula is C20H16N2O4. The van der Waals surface area contributed by atoms with Crippen LogP contribution in [0, 0.1) is 0 Å². The molecule has 0 radical (unpaired) electrons. The molecule has 0 aliphatic carbocycles. The number of ether oxygens (including phenoxy) is 1. The Morgan fingerprint density at radius 3 is 2.62 bits per heavy atom. The van der Waals surface area contributed by atoms with E-state index in [0.717, 1.165) is 5.39 Å². The Bertz CT molecular complexity index is 1200. The number of fused-ring (bicyclic) bond motifs is 3. The van der Waals surface area contributed by atoms with E-state index in [-0.39, 0.29) is 5.91 Å². The summed E-state index contributed by atoms with van der Waals surface area (Å²) in [6, 6.07) is 16.0. The van der Waals surface area contributed by atoms with Crippen LogP contribution in [0.25, 0.3) is 21.9 Å². The quantitative estimate of drug-likeness (QED) is 0.575. The van der Waals surface area contributed by atoms with Gasteiger partial charge >= 0.3 is 5.63 Å². The molecule has 1 N–H and O–H groups in total. The summed E-state index contributed by atoms with van der Waals surface area (Å²) in [5.41, 5.74) is 1.60. The molecule has 0 saturated heterocycles. The zero-order valence-corrected chi connectivity index (χ0v) is 14.3. The van der Waals surface area contributed by atoms with Gasteiger partial charge in [-0.25, -0.2) is 4.79 Å². The first kappa shape index (κ1) is 16.0. The topological polar surface area (TPSA) is 73.5 Å². The third kappa shape index (κ3) is 2.43. The summed E-state index contributed by atoms with van der Waals surface area (Å²) in [7, 11) is 3.30. The Kier molecular flexibility index (Phi) is 3.73. The van der Waals surface area contributed by atoms with Crippen molar-refractivity contribution in [2.75, 3.05) is 12.4 Å². The largest absolute Gasteiger partial charge is 0.495 e. The molecule has 1 amide bonds. The molecule has 6 nitrogen and oxygen atoms in total. The Hall–Kier alpha value is -3.54. The lowest BCUT2D eigenvalue weighted by molar-refractivity contribution is 0.101. The van der Waals surface area contributed by atoms with Gasteiger partial charge < -0.3 is 19.0 Å². The van der Waals surface area contributed by atoms with E-state index in [4.69, 9.17) is 9.15 Å². The van der Waals surface area contributed by atoms with Crippen LogP contribution in [0.1, 0.15) is 10.5 Å². The molecule has 0 atom stereocenters. The number of methoxy groups -OCH3 is 1. The molecular weight excluding hydrogens is 332 g/mol. The summed E-state index contributed by atoms with van der Waals surface area (Å²) in [4.78, 5) is 25.1. The van der Waals surface area contributed by atoms with Crippen molar-refractivity contribution in [3.05, 3.63) is 70.7 Å². The summed E-state index contributed by atoms with van der Waals surface area (Å²) < 4.78 is 12.3. The van der Waals surface area contributed by atoms with Crippen LogP contribution in [0.3, 0.4) is 0 Å². The monoisotopic (exact) mass is 348 g/mol. The molecule has 2 heterocycles. The molecule has 130 valence electrons. The second kappa shape index (κ2) is 6.07. The van der Waals surface area contributed by atoms with Crippen molar-refractivity contribution in [1.82, 2.24) is 4.57 Å². The number of benzene rings is 2. The van der Waals surface area contributed by atoms with Gasteiger partial charge in [0.15, 0.2) is 0 Å². The van der Waals surface area contributed by atoms with Gasteiger partial charge in [-0.2, -0.15) is 0 Å². The van der Waals surface area contributed by atoms with Crippen LogP contribution in [-0.4, -0.2) is 17.6 Å². The van der Waals surface area contributed by atoms with Gasteiger partial charge in [0.1, 0.15) is 17.0 Å². The van der Waals surface area contributed by atoms with Gasteiger partial charge in [-0.15, -0.1) is 0 Å². The van der Waals surface area contributed by atoms with Crippen LogP contribution in [0.2, 0.25) is 0 Å². The summed E-state index contributed by atoms with van der Waals surface area (Å²) in [6.45, 7) is 0. The number of aromatic nitrogens is 1. The van der Waals surface area contributed by atoms with Crippen molar-refractivity contribution in [3.63, 3.8) is 0 Å². The minimum absolute atomic E-state index is 0.336. The molecule has 0 saturated carbocycles. The van der Waals surface area contributed by atoms with Crippen molar-refractivity contribution in [2.45, 2.75) is 0 Å². The van der Waals surface area contributed by atoms with Crippen molar-refractivity contribution in [1.29, 1.82) is 0 Å². The molecule has 2 aromatic carbocycles. The molecule has 6 heteroatoms. The van der Waals surface area contributed by atoms with Gasteiger partial charge in [-0.1, -0.05) is 24.3 Å². The minimum Gasteiger partial charge on any atom is -0.495 e. The molecule has 2 aromatic heterocycles. The van der Waals surface area contributed by atoms with Gasteiger partial charge in [0.25, 0.3) is 5.91 Å². The molecule has 0 spiro atoms. The van der Waals surface area contributed by atoms with E-state index >= 15 is 0 Å². The van der Waals surface area contributed by atoms with Crippen LogP contribution in [0.15, 0.2) is 63.8 Å². The van der Waals surface area contributed by atoms with E-state index in [1.54, 1.807) is 49.1 Å². The van der Waals surface area contributed by atoms with E-state index in [1.807, 2.05) is 24.3 Å². The SMILES string of the molecule is COc1ccccc1NC(=O)c1cc2c(=O)oc3ccccc3c2n1C. The summed E-state index contributed by atoms with van der Waals surface area (Å²) in [6.07, 6.45) is 0. The predicted molar refractivity (Wildman–Crippen MR) is 99.9 cm³/mol. The molecule has 0 aliphatic rings. The Morgan fingerprint density at radius 2 is 1.81 bits per heavy atom. The number of rotatable bonds is 3. The van der Waals surface area contributed by atoms with E-state index < -0.39 is 5.63 Å². The highest BCUT2D eigenvalue weighted by Crippen LogP contribution is 2.27. The first-order valence-electron chi connectivity index (χ1n) is 8.06. The van der Waals surface area contributed by atoms with E-state index in [2.05, 4.69) is 5.32 Å². The fraction of sp³-hybridized carbons (Fsp3) is 0.100. The number of anilines is 1. The first-order valence-corrected chi connectivity index (χ1v) is 8.06. The Labute approximate surface area is 148 Å². The summed E-state index contributed by atoms with van der Waals surface area (Å²) in [5.74, 6) is 0.223. The maximum Gasteiger partial charge on any atom is 0.345 e. The average Bonchev–Trinajstić information content (AvgIpc) is 3.01. The molecule has 4 rings (SSSR count). The number of amides is 1. The maximum absolute atomic E-state index is 12.8. The van der Waals surface area contributed by atoms with Crippen molar-refractivity contribution in [2.24, 2.45) is 7.05 Å². The lowest BCUT2D eigenvalue weighted by Crippen LogP contribution is -2.16. The van der Waals surface area contributed by atoms with Gasteiger partial charge in [0, 0.05) is 12.4 Å². The minimum atomic E-state index is -0.467. The number of hydrogen-bond donors (Lipinski definition) is 1. The predicted octanol–water partition coefficient (Wildman–Crippen LogP) is 3.55. The van der Waals surface area contributed by atoms with Gasteiger partial charge in [0.05, 0.1) is 23.7 Å². The highest BCUT2D eigenvalue weighted by atomic mass is 16.5. The van der Waals surface area contributed by atoms with E-state index in [9.17, 15) is 9.59 Å². The number of nitrogens with zero attached hydrogens (tertiary/aromatic N) is 1. The lowest BCUT2D eigenvalue weighted by atomic mass is 10.2. The number of nitrogens with one attached hydrogen (secondary N) is 1. The standard InChI is InChI=1S/C20H16N2O4/c1-22-15(19(23)21-14-8-4-6-10-17(14)25-2)11-13-18(22)12-7-3-5-9-16(12)26-20(13)24/h3-11H,1-2H3,(H,21,23). The maximum atomic E-state index is 12.8. The fourth-order valence-corrected chi connectivity index (χ4v) is 3.14. The smallest absolute Gasteiger partial charge is 0.345 e. The number of carbonyl (C=O) groups excluding carboxylic acids is 1. The third-order valence-electron chi connectivity index (χ3n) is 4.39. The van der Waals surface area contributed by atoms with E-state index in [1.165, 1.54) is 0 Å². The second-order valence-corrected chi connectivity index (χ2v) is 5.89. The van der Waals surface area contributed by atoms with Crippen molar-refractivity contribution in [3.8, 4) is 5.75 Å². The Balaban J connectivity index is 1.86. The Morgan fingerprint density at radius 1 is 1.08 bits per heavy atom. The van der Waals surface area contributed by atoms with Crippen LogP contribution >= 0.6 is 0 Å². The van der Waals surface area contributed by atoms with Crippen molar-refractivity contribution >= 4 is 33.5 Å². The molecule has 0 fully saturated rings. The number of para-hydroxylation sites is 3. The zero-order valence-electron chi connectivity index (χ0n) is 14.3. The van der Waals surface area contributed by atoms with Gasteiger partial charge in [0.2, 0.25) is 0 Å². The normalized spacial score (nSPS) is 11.0. The number of aryl methyl sites for hydroxylation is 1. The fourth-order valence-electron chi connectivity index (χ4n) is 3.14.